The van der Waals surface area contributed by atoms with Crippen molar-refractivity contribution in [2.75, 3.05) is 18.8 Å². The number of nitrogens with one attached hydrogen (secondary N) is 1. The molecular formula is C11H25NO2S. The highest BCUT2D eigenvalue weighted by Crippen LogP contribution is 2.08. The van der Waals surface area contributed by atoms with Gasteiger partial charge in [0.05, 0.1) is 11.0 Å². The lowest BCUT2D eigenvalue weighted by molar-refractivity contribution is 0.572. The molecule has 0 spiro atoms. The fourth-order valence-electron chi connectivity index (χ4n) is 1.31. The van der Waals surface area contributed by atoms with E-state index < -0.39 is 9.84 Å². The van der Waals surface area contributed by atoms with Gasteiger partial charge in [0.25, 0.3) is 0 Å². The molecule has 0 aromatic carbocycles. The zero-order valence-corrected chi connectivity index (χ0v) is 11.1. The molecule has 0 saturated carbocycles. The van der Waals surface area contributed by atoms with E-state index in [-0.39, 0.29) is 5.25 Å². The Morgan fingerprint density at radius 2 is 1.80 bits per heavy atom. The van der Waals surface area contributed by atoms with Crippen molar-refractivity contribution in [2.45, 2.75) is 51.7 Å². The largest absolute Gasteiger partial charge is 0.317 e. The van der Waals surface area contributed by atoms with Crippen LogP contribution in [0.25, 0.3) is 0 Å². The first-order chi connectivity index (χ1) is 7.04. The third-order valence-corrected chi connectivity index (χ3v) is 5.06. The molecule has 3 nitrogen and oxygen atoms in total. The number of rotatable bonds is 9. The summed E-state index contributed by atoms with van der Waals surface area (Å²) in [4.78, 5) is 0. The van der Waals surface area contributed by atoms with Gasteiger partial charge in [0.15, 0.2) is 9.84 Å². The van der Waals surface area contributed by atoms with Crippen molar-refractivity contribution in [3.63, 3.8) is 0 Å². The van der Waals surface area contributed by atoms with Crippen molar-refractivity contribution < 1.29 is 8.42 Å². The maximum absolute atomic E-state index is 11.6. The standard InChI is InChI=1S/C11H25NO2S/c1-4-8-12-9-6-7-10-15(13,14)11(3)5-2/h11-12H,4-10H2,1-3H3. The summed E-state index contributed by atoms with van der Waals surface area (Å²) in [6.45, 7) is 7.80. The first kappa shape index (κ1) is 14.9. The van der Waals surface area contributed by atoms with E-state index in [0.29, 0.717) is 5.75 Å². The molecule has 4 heteroatoms. The first-order valence-corrected chi connectivity index (χ1v) is 7.68. The molecule has 0 saturated heterocycles. The van der Waals surface area contributed by atoms with Crippen LogP contribution in [0.2, 0.25) is 0 Å². The van der Waals surface area contributed by atoms with Crippen LogP contribution in [0.15, 0.2) is 0 Å². The van der Waals surface area contributed by atoms with Crippen LogP contribution in [-0.4, -0.2) is 32.5 Å². The van der Waals surface area contributed by atoms with Crippen molar-refractivity contribution in [3.05, 3.63) is 0 Å². The van der Waals surface area contributed by atoms with Gasteiger partial charge in [0.2, 0.25) is 0 Å². The van der Waals surface area contributed by atoms with Crippen molar-refractivity contribution in [1.82, 2.24) is 5.32 Å². The Hall–Kier alpha value is -0.0900. The molecule has 92 valence electrons. The number of sulfone groups is 1. The Labute approximate surface area is 94.6 Å². The number of hydrogen-bond acceptors (Lipinski definition) is 3. The van der Waals surface area contributed by atoms with Crippen LogP contribution in [0.3, 0.4) is 0 Å². The maximum Gasteiger partial charge on any atom is 0.152 e. The van der Waals surface area contributed by atoms with E-state index in [0.717, 1.165) is 38.8 Å². The third kappa shape index (κ3) is 6.90. The molecule has 0 aromatic rings. The summed E-state index contributed by atoms with van der Waals surface area (Å²) >= 11 is 0. The lowest BCUT2D eigenvalue weighted by Crippen LogP contribution is -2.21. The maximum atomic E-state index is 11.6. The van der Waals surface area contributed by atoms with E-state index >= 15 is 0 Å². The predicted molar refractivity (Wildman–Crippen MR) is 65.9 cm³/mol. The van der Waals surface area contributed by atoms with Crippen molar-refractivity contribution in [2.24, 2.45) is 0 Å². The van der Waals surface area contributed by atoms with E-state index in [1.165, 1.54) is 0 Å². The Morgan fingerprint density at radius 3 is 2.33 bits per heavy atom. The lowest BCUT2D eigenvalue weighted by Gasteiger charge is -2.10. The normalized spacial score (nSPS) is 14.1. The second-order valence-electron chi connectivity index (χ2n) is 4.04. The molecule has 1 N–H and O–H groups in total. The van der Waals surface area contributed by atoms with Gasteiger partial charge in [-0.15, -0.1) is 0 Å². The summed E-state index contributed by atoms with van der Waals surface area (Å²) in [6.07, 6.45) is 3.58. The quantitative estimate of drug-likeness (QED) is 0.622. The Morgan fingerprint density at radius 1 is 1.13 bits per heavy atom. The van der Waals surface area contributed by atoms with Crippen molar-refractivity contribution in [3.8, 4) is 0 Å². The van der Waals surface area contributed by atoms with Crippen LogP contribution in [0.5, 0.6) is 0 Å². The molecular weight excluding hydrogens is 210 g/mol. The first-order valence-electron chi connectivity index (χ1n) is 5.96. The Balaban J connectivity index is 3.58. The van der Waals surface area contributed by atoms with Crippen LogP contribution in [0, 0.1) is 0 Å². The van der Waals surface area contributed by atoms with E-state index in [2.05, 4.69) is 12.2 Å². The van der Waals surface area contributed by atoms with Gasteiger partial charge >= 0.3 is 0 Å². The SMILES string of the molecule is CCCNCCCCS(=O)(=O)C(C)CC. The minimum absolute atomic E-state index is 0.180. The molecule has 0 aliphatic heterocycles. The van der Waals surface area contributed by atoms with Gasteiger partial charge in [-0.1, -0.05) is 13.8 Å². The fourth-order valence-corrected chi connectivity index (χ4v) is 2.83. The molecule has 0 radical (unpaired) electrons. The second-order valence-corrected chi connectivity index (χ2v) is 6.58. The molecule has 0 amide bonds. The van der Waals surface area contributed by atoms with E-state index in [1.54, 1.807) is 6.92 Å². The Bertz CT molecular complexity index is 237. The molecule has 1 atom stereocenters. The van der Waals surface area contributed by atoms with Gasteiger partial charge < -0.3 is 5.32 Å². The molecule has 1 unspecified atom stereocenters. The minimum Gasteiger partial charge on any atom is -0.317 e. The highest BCUT2D eigenvalue weighted by Gasteiger charge is 2.17. The minimum atomic E-state index is -2.83. The van der Waals surface area contributed by atoms with Crippen LogP contribution < -0.4 is 5.32 Å². The average molecular weight is 235 g/mol. The van der Waals surface area contributed by atoms with Crippen molar-refractivity contribution in [1.29, 1.82) is 0 Å². The van der Waals surface area contributed by atoms with Crippen LogP contribution in [-0.2, 0) is 9.84 Å². The van der Waals surface area contributed by atoms with Crippen LogP contribution in [0.1, 0.15) is 46.5 Å². The molecule has 0 fully saturated rings. The van der Waals surface area contributed by atoms with Crippen molar-refractivity contribution >= 4 is 9.84 Å². The van der Waals surface area contributed by atoms with E-state index in [4.69, 9.17) is 0 Å². The molecule has 0 aliphatic rings. The Kier molecular flexibility index (Phi) is 8.06. The fraction of sp³-hybridized carbons (Fsp3) is 1.00. The molecule has 0 aliphatic carbocycles. The van der Waals surface area contributed by atoms with Gasteiger partial charge in [0.1, 0.15) is 0 Å². The molecule has 0 bridgehead atoms. The summed E-state index contributed by atoms with van der Waals surface area (Å²) < 4.78 is 23.3. The molecule has 0 aromatic heterocycles. The van der Waals surface area contributed by atoms with Crippen LogP contribution >= 0.6 is 0 Å². The number of hydrogen-bond donors (Lipinski definition) is 1. The van der Waals surface area contributed by atoms with Gasteiger partial charge in [-0.25, -0.2) is 8.42 Å². The summed E-state index contributed by atoms with van der Waals surface area (Å²) in [6, 6.07) is 0. The average Bonchev–Trinajstić information content (AvgIpc) is 2.22. The summed E-state index contributed by atoms with van der Waals surface area (Å²) in [7, 11) is -2.83. The molecule has 0 rings (SSSR count). The highest BCUT2D eigenvalue weighted by atomic mass is 32.2. The summed E-state index contributed by atoms with van der Waals surface area (Å²) in [5.74, 6) is 0.343. The summed E-state index contributed by atoms with van der Waals surface area (Å²) in [5, 5.41) is 3.09. The predicted octanol–water partition coefficient (Wildman–Crippen LogP) is 1.98. The topological polar surface area (TPSA) is 46.2 Å². The number of unbranched alkanes of at least 4 members (excludes halogenated alkanes) is 1. The van der Waals surface area contributed by atoms with Gasteiger partial charge in [-0.3, -0.25) is 0 Å². The molecule has 15 heavy (non-hydrogen) atoms. The zero-order valence-electron chi connectivity index (χ0n) is 10.3. The lowest BCUT2D eigenvalue weighted by atomic mass is 10.3. The highest BCUT2D eigenvalue weighted by molar-refractivity contribution is 7.91. The smallest absolute Gasteiger partial charge is 0.152 e. The van der Waals surface area contributed by atoms with Gasteiger partial charge in [-0.2, -0.15) is 0 Å². The monoisotopic (exact) mass is 235 g/mol. The zero-order chi connectivity index (χ0) is 11.7. The molecule has 0 heterocycles. The van der Waals surface area contributed by atoms with Gasteiger partial charge in [0, 0.05) is 0 Å². The van der Waals surface area contributed by atoms with E-state index in [1.807, 2.05) is 6.92 Å². The second kappa shape index (κ2) is 8.11. The van der Waals surface area contributed by atoms with Crippen LogP contribution in [0.4, 0.5) is 0 Å². The third-order valence-electron chi connectivity index (χ3n) is 2.65. The van der Waals surface area contributed by atoms with E-state index in [9.17, 15) is 8.42 Å². The van der Waals surface area contributed by atoms with Gasteiger partial charge in [-0.05, 0) is 45.7 Å². The summed E-state index contributed by atoms with van der Waals surface area (Å²) in [5.41, 5.74) is 0.